The number of rotatable bonds is 10. The topological polar surface area (TPSA) is 105 Å². The van der Waals surface area contributed by atoms with Gasteiger partial charge >= 0.3 is 0 Å². The van der Waals surface area contributed by atoms with E-state index in [0.717, 1.165) is 15.6 Å². The maximum atomic E-state index is 13.4. The summed E-state index contributed by atoms with van der Waals surface area (Å²) in [4.78, 5) is 17.8. The number of benzene rings is 2. The smallest absolute Gasteiger partial charge is 0.265 e. The first kappa shape index (κ1) is 25.3. The minimum absolute atomic E-state index is 0.0755. The second-order valence-corrected chi connectivity index (χ2v) is 10.1. The van der Waals surface area contributed by atoms with Gasteiger partial charge in [-0.25, -0.2) is 8.42 Å². The maximum absolute atomic E-state index is 13.4. The largest absolute Gasteiger partial charge is 0.389 e. The lowest BCUT2D eigenvalue weighted by atomic mass is 10.0. The predicted molar refractivity (Wildman–Crippen MR) is 124 cm³/mol. The molecule has 2 aromatic carbocycles. The van der Waals surface area contributed by atoms with Gasteiger partial charge in [0.2, 0.25) is 5.91 Å². The summed E-state index contributed by atoms with van der Waals surface area (Å²) < 4.78 is 33.1. The highest BCUT2D eigenvalue weighted by Crippen LogP contribution is 2.22. The maximum Gasteiger partial charge on any atom is 0.265 e. The average Bonchev–Trinajstić information content (AvgIpc) is 2.79. The van der Waals surface area contributed by atoms with E-state index in [9.17, 15) is 18.3 Å². The van der Waals surface area contributed by atoms with Crippen molar-refractivity contribution in [2.45, 2.75) is 56.3 Å². The molecule has 0 saturated carbocycles. The predicted octanol–water partition coefficient (Wildman–Crippen LogP) is 2.20. The van der Waals surface area contributed by atoms with Crippen LogP contribution in [0.3, 0.4) is 0 Å². The summed E-state index contributed by atoms with van der Waals surface area (Å²) in [5.74, 6) is -0.312. The number of hydrogen-bond acceptors (Lipinski definition) is 6. The third kappa shape index (κ3) is 7.35. The van der Waals surface area contributed by atoms with E-state index in [-0.39, 0.29) is 23.5 Å². The van der Waals surface area contributed by atoms with Gasteiger partial charge in [-0.1, -0.05) is 52.5 Å². The number of carbonyl (C=O) groups excluding carboxylic acids is 1. The molecule has 1 aliphatic heterocycles. The van der Waals surface area contributed by atoms with E-state index >= 15 is 0 Å². The first-order valence-electron chi connectivity index (χ1n) is 11.1. The molecule has 0 radical (unpaired) electrons. The zero-order valence-electron chi connectivity index (χ0n) is 19.0. The number of hydrogen-bond donors (Lipinski definition) is 2. The number of hydroxylamine groups is 1. The van der Waals surface area contributed by atoms with Crippen molar-refractivity contribution in [1.29, 1.82) is 0 Å². The van der Waals surface area contributed by atoms with Crippen LogP contribution in [-0.2, 0) is 30.8 Å². The van der Waals surface area contributed by atoms with Crippen LogP contribution in [0.1, 0.15) is 30.9 Å². The Hall–Kier alpha value is -2.30. The number of amides is 1. The van der Waals surface area contributed by atoms with Crippen LogP contribution in [0.2, 0.25) is 0 Å². The van der Waals surface area contributed by atoms with Gasteiger partial charge < -0.3 is 15.2 Å². The third-order valence-corrected chi connectivity index (χ3v) is 7.15. The molecule has 9 heteroatoms. The Morgan fingerprint density at radius 1 is 1.15 bits per heavy atom. The Morgan fingerprint density at radius 2 is 1.79 bits per heavy atom. The molecule has 33 heavy (non-hydrogen) atoms. The van der Waals surface area contributed by atoms with E-state index in [1.165, 1.54) is 19.1 Å². The standard InChI is InChI=1S/C24H32N2O6S/c1-18-8-10-22(11-9-18)33(29,30)26(32-21-12-14-31-15-13-21)17-24(28)23(25-19(2)27)16-20-6-4-3-5-7-20/h3-11,21,23-24,28H,12-17H2,1-2H3,(H,25,27)/t23-,24+/m0/s1. The zero-order valence-corrected chi connectivity index (χ0v) is 19.8. The lowest BCUT2D eigenvalue weighted by Gasteiger charge is -2.32. The molecule has 0 aromatic heterocycles. The third-order valence-electron chi connectivity index (χ3n) is 5.51. The van der Waals surface area contributed by atoms with Crippen LogP contribution >= 0.6 is 0 Å². The van der Waals surface area contributed by atoms with Gasteiger partial charge in [-0.15, -0.1) is 0 Å². The lowest BCUT2D eigenvalue weighted by Crippen LogP contribution is -2.51. The molecule has 0 bridgehead atoms. The summed E-state index contributed by atoms with van der Waals surface area (Å²) >= 11 is 0. The Morgan fingerprint density at radius 3 is 2.39 bits per heavy atom. The number of aryl methyl sites for hydroxylation is 1. The molecular weight excluding hydrogens is 444 g/mol. The Bertz CT molecular complexity index is 991. The summed E-state index contributed by atoms with van der Waals surface area (Å²) in [6, 6.07) is 15.2. The molecule has 3 rings (SSSR count). The number of aliphatic hydroxyl groups is 1. The molecule has 1 saturated heterocycles. The summed E-state index contributed by atoms with van der Waals surface area (Å²) in [6.07, 6.45) is -0.102. The van der Waals surface area contributed by atoms with Gasteiger partial charge in [0.25, 0.3) is 10.0 Å². The van der Waals surface area contributed by atoms with Crippen molar-refractivity contribution in [3.8, 4) is 0 Å². The first-order chi connectivity index (χ1) is 15.8. The molecule has 0 spiro atoms. The van der Waals surface area contributed by atoms with Crippen LogP contribution in [0.4, 0.5) is 0 Å². The van der Waals surface area contributed by atoms with E-state index in [0.29, 0.717) is 32.5 Å². The Kier molecular flexibility index (Phi) is 8.99. The number of carbonyl (C=O) groups is 1. The van der Waals surface area contributed by atoms with Gasteiger partial charge in [0.1, 0.15) is 0 Å². The van der Waals surface area contributed by atoms with Gasteiger partial charge in [0.05, 0.1) is 29.7 Å². The molecule has 0 unspecified atom stereocenters. The summed E-state index contributed by atoms with van der Waals surface area (Å²) in [7, 11) is -4.05. The minimum atomic E-state index is -4.05. The van der Waals surface area contributed by atoms with Crippen molar-refractivity contribution in [3.63, 3.8) is 0 Å². The highest BCUT2D eigenvalue weighted by molar-refractivity contribution is 7.89. The fourth-order valence-corrected chi connectivity index (χ4v) is 4.96. The highest BCUT2D eigenvalue weighted by Gasteiger charge is 2.33. The number of sulfonamides is 1. The van der Waals surface area contributed by atoms with E-state index < -0.39 is 22.2 Å². The SMILES string of the molecule is CC(=O)N[C@@H](Cc1ccccc1)[C@H](O)CN(OC1CCOCC1)S(=O)(=O)c1ccc(C)cc1. The van der Waals surface area contributed by atoms with Crippen molar-refractivity contribution in [1.82, 2.24) is 9.79 Å². The van der Waals surface area contributed by atoms with Gasteiger partial charge in [-0.2, -0.15) is 0 Å². The summed E-state index contributed by atoms with van der Waals surface area (Å²) in [6.45, 7) is 3.87. The molecule has 0 aliphatic carbocycles. The van der Waals surface area contributed by atoms with Crippen LogP contribution in [-0.4, -0.2) is 61.9 Å². The Balaban J connectivity index is 1.84. The number of aliphatic hydroxyl groups excluding tert-OH is 1. The lowest BCUT2D eigenvalue weighted by molar-refractivity contribution is -0.170. The van der Waals surface area contributed by atoms with Crippen molar-refractivity contribution in [3.05, 3.63) is 65.7 Å². The van der Waals surface area contributed by atoms with Crippen LogP contribution in [0.15, 0.2) is 59.5 Å². The highest BCUT2D eigenvalue weighted by atomic mass is 32.2. The normalized spacial score (nSPS) is 17.0. The number of nitrogens with zero attached hydrogens (tertiary/aromatic N) is 1. The summed E-state index contributed by atoms with van der Waals surface area (Å²) in [5, 5.41) is 13.8. The number of ether oxygens (including phenoxy) is 1. The minimum Gasteiger partial charge on any atom is -0.389 e. The van der Waals surface area contributed by atoms with E-state index in [2.05, 4.69) is 5.32 Å². The molecule has 8 nitrogen and oxygen atoms in total. The molecule has 1 amide bonds. The monoisotopic (exact) mass is 476 g/mol. The molecule has 2 N–H and O–H groups in total. The molecule has 1 aliphatic rings. The van der Waals surface area contributed by atoms with Crippen LogP contribution < -0.4 is 5.32 Å². The molecule has 1 fully saturated rings. The van der Waals surface area contributed by atoms with E-state index in [1.54, 1.807) is 12.1 Å². The van der Waals surface area contributed by atoms with E-state index in [1.807, 2.05) is 37.3 Å². The van der Waals surface area contributed by atoms with Crippen molar-refractivity contribution < 1.29 is 27.9 Å². The second kappa shape index (κ2) is 11.7. The van der Waals surface area contributed by atoms with E-state index in [4.69, 9.17) is 9.57 Å². The molecular formula is C24H32N2O6S. The molecule has 1 heterocycles. The Labute approximate surface area is 195 Å². The number of nitrogens with one attached hydrogen (secondary N) is 1. The molecule has 2 aromatic rings. The molecule has 2 atom stereocenters. The van der Waals surface area contributed by atoms with Crippen molar-refractivity contribution >= 4 is 15.9 Å². The first-order valence-corrected chi connectivity index (χ1v) is 12.5. The molecule has 180 valence electrons. The van der Waals surface area contributed by atoms with Crippen LogP contribution in [0.5, 0.6) is 0 Å². The fraction of sp³-hybridized carbons (Fsp3) is 0.458. The van der Waals surface area contributed by atoms with Gasteiger partial charge in [0, 0.05) is 20.1 Å². The van der Waals surface area contributed by atoms with Gasteiger partial charge in [-0.3, -0.25) is 9.63 Å². The van der Waals surface area contributed by atoms with Crippen LogP contribution in [0.25, 0.3) is 0 Å². The summed E-state index contributed by atoms with van der Waals surface area (Å²) in [5.41, 5.74) is 1.84. The zero-order chi connectivity index (χ0) is 23.8. The average molecular weight is 477 g/mol. The van der Waals surface area contributed by atoms with Gasteiger partial charge in [-0.05, 0) is 43.9 Å². The van der Waals surface area contributed by atoms with Crippen molar-refractivity contribution in [2.24, 2.45) is 0 Å². The van der Waals surface area contributed by atoms with Gasteiger partial charge in [0.15, 0.2) is 0 Å². The van der Waals surface area contributed by atoms with Crippen LogP contribution in [0, 0.1) is 6.92 Å². The van der Waals surface area contributed by atoms with Crippen molar-refractivity contribution in [2.75, 3.05) is 19.8 Å². The fourth-order valence-electron chi connectivity index (χ4n) is 3.67. The second-order valence-electron chi connectivity index (χ2n) is 8.28. The quantitative estimate of drug-likeness (QED) is 0.510.